The minimum absolute atomic E-state index is 0.0197. The van der Waals surface area contributed by atoms with Gasteiger partial charge in [-0.2, -0.15) is 0 Å². The molecule has 6 heteroatoms. The van der Waals surface area contributed by atoms with Crippen molar-refractivity contribution in [3.05, 3.63) is 52.6 Å². The molecular formula is C21H25N2O3S+. The van der Waals surface area contributed by atoms with Crippen LogP contribution in [0.3, 0.4) is 0 Å². The zero-order valence-corrected chi connectivity index (χ0v) is 16.5. The standard InChI is InChI=1S/C21H24N2O3S/c1-3-4-9-23(2)10-11-27-16-12-15(24)17-18(19(16)22)21(26)14-8-6-5-7-13(14)20(17)25/h5-8,12,24H,3-4,9-11,22H2,1-2H3/p+1. The van der Waals surface area contributed by atoms with Crippen molar-refractivity contribution in [3.63, 3.8) is 0 Å². The largest absolute Gasteiger partial charge is 0.507 e. The van der Waals surface area contributed by atoms with Gasteiger partial charge < -0.3 is 15.7 Å². The molecule has 4 N–H and O–H groups in total. The Morgan fingerprint density at radius 1 is 1.07 bits per heavy atom. The number of hydrogen-bond donors (Lipinski definition) is 3. The number of carbonyl (C=O) groups is 2. The number of nitrogen functional groups attached to an aromatic ring is 1. The van der Waals surface area contributed by atoms with Crippen molar-refractivity contribution < 1.29 is 19.6 Å². The van der Waals surface area contributed by atoms with Gasteiger partial charge in [0.25, 0.3) is 0 Å². The highest BCUT2D eigenvalue weighted by Gasteiger charge is 2.34. The Balaban J connectivity index is 1.87. The fourth-order valence-corrected chi connectivity index (χ4v) is 4.46. The normalized spacial score (nSPS) is 14.0. The topological polar surface area (TPSA) is 84.8 Å². The molecular weight excluding hydrogens is 360 g/mol. The molecule has 0 aromatic heterocycles. The molecule has 1 aliphatic carbocycles. The summed E-state index contributed by atoms with van der Waals surface area (Å²) in [5, 5.41) is 10.5. The van der Waals surface area contributed by atoms with Gasteiger partial charge in [0.1, 0.15) is 5.75 Å². The summed E-state index contributed by atoms with van der Waals surface area (Å²) in [7, 11) is 2.16. The van der Waals surface area contributed by atoms with Gasteiger partial charge in [-0.05, 0) is 12.5 Å². The van der Waals surface area contributed by atoms with Crippen molar-refractivity contribution >= 4 is 29.0 Å². The van der Waals surface area contributed by atoms with E-state index in [1.165, 1.54) is 35.6 Å². The summed E-state index contributed by atoms with van der Waals surface area (Å²) < 4.78 is 0. The number of carbonyl (C=O) groups excluding carboxylic acids is 2. The zero-order valence-electron chi connectivity index (χ0n) is 15.7. The molecule has 1 aliphatic rings. The number of nitrogens with two attached hydrogens (primary N) is 1. The van der Waals surface area contributed by atoms with Gasteiger partial charge >= 0.3 is 0 Å². The van der Waals surface area contributed by atoms with Crippen molar-refractivity contribution in [3.8, 4) is 5.75 Å². The van der Waals surface area contributed by atoms with Crippen LogP contribution in [-0.4, -0.2) is 42.6 Å². The monoisotopic (exact) mass is 385 g/mol. The maximum atomic E-state index is 12.9. The summed E-state index contributed by atoms with van der Waals surface area (Å²) in [5.41, 5.74) is 7.36. The molecule has 0 spiro atoms. The van der Waals surface area contributed by atoms with Crippen LogP contribution in [0.5, 0.6) is 5.75 Å². The Hall–Kier alpha value is -2.31. The number of aromatic hydroxyl groups is 1. The summed E-state index contributed by atoms with van der Waals surface area (Å²) in [5.74, 6) is -0.0245. The fraction of sp³-hybridized carbons (Fsp3) is 0.333. The third kappa shape index (κ3) is 3.73. The summed E-state index contributed by atoms with van der Waals surface area (Å²) >= 11 is 1.51. The first-order chi connectivity index (χ1) is 13.0. The number of benzene rings is 2. The average Bonchev–Trinajstić information content (AvgIpc) is 2.66. The van der Waals surface area contributed by atoms with Crippen LogP contribution in [0, 0.1) is 0 Å². The van der Waals surface area contributed by atoms with Gasteiger partial charge in [-0.25, -0.2) is 0 Å². The molecule has 0 saturated heterocycles. The predicted molar refractivity (Wildman–Crippen MR) is 108 cm³/mol. The fourth-order valence-electron chi connectivity index (χ4n) is 3.33. The molecule has 27 heavy (non-hydrogen) atoms. The van der Waals surface area contributed by atoms with E-state index >= 15 is 0 Å². The van der Waals surface area contributed by atoms with Crippen LogP contribution in [0.25, 0.3) is 0 Å². The van der Waals surface area contributed by atoms with Crippen LogP contribution < -0.4 is 10.6 Å². The van der Waals surface area contributed by atoms with E-state index in [1.54, 1.807) is 24.3 Å². The number of phenolic OH excluding ortho intramolecular Hbond substituents is 1. The second-order valence-electron chi connectivity index (χ2n) is 6.92. The van der Waals surface area contributed by atoms with Crippen LogP contribution >= 0.6 is 11.8 Å². The molecule has 142 valence electrons. The van der Waals surface area contributed by atoms with Crippen LogP contribution in [-0.2, 0) is 0 Å². The second kappa shape index (κ2) is 8.15. The van der Waals surface area contributed by atoms with E-state index in [1.807, 2.05) is 0 Å². The molecule has 0 aliphatic heterocycles. The summed E-state index contributed by atoms with van der Waals surface area (Å²) in [6.07, 6.45) is 2.36. The van der Waals surface area contributed by atoms with Crippen molar-refractivity contribution in [2.24, 2.45) is 0 Å². The van der Waals surface area contributed by atoms with E-state index in [4.69, 9.17) is 5.73 Å². The van der Waals surface area contributed by atoms with E-state index in [-0.39, 0.29) is 34.1 Å². The lowest BCUT2D eigenvalue weighted by molar-refractivity contribution is -0.877. The third-order valence-corrected chi connectivity index (χ3v) is 5.98. The Kier molecular flexibility index (Phi) is 5.87. The smallest absolute Gasteiger partial charge is 0.198 e. The molecule has 1 atom stereocenters. The second-order valence-corrected chi connectivity index (χ2v) is 8.06. The van der Waals surface area contributed by atoms with E-state index in [0.717, 1.165) is 18.8 Å². The molecule has 0 heterocycles. The number of anilines is 1. The van der Waals surface area contributed by atoms with Crippen LogP contribution in [0.1, 0.15) is 51.6 Å². The van der Waals surface area contributed by atoms with Gasteiger partial charge in [-0.1, -0.05) is 37.6 Å². The lowest BCUT2D eigenvalue weighted by Crippen LogP contribution is -3.09. The Bertz CT molecular complexity index is 895. The number of nitrogens with one attached hydrogen (secondary N) is 1. The highest BCUT2D eigenvalue weighted by molar-refractivity contribution is 7.99. The molecule has 0 radical (unpaired) electrons. The number of fused-ring (bicyclic) bond motifs is 2. The van der Waals surface area contributed by atoms with Gasteiger partial charge in [0.15, 0.2) is 11.6 Å². The van der Waals surface area contributed by atoms with Gasteiger partial charge in [0.05, 0.1) is 37.0 Å². The van der Waals surface area contributed by atoms with E-state index < -0.39 is 0 Å². The Morgan fingerprint density at radius 2 is 1.70 bits per heavy atom. The number of hydrogen-bond acceptors (Lipinski definition) is 5. The van der Waals surface area contributed by atoms with Gasteiger partial charge in [0, 0.05) is 21.8 Å². The minimum atomic E-state index is -0.357. The predicted octanol–water partition coefficient (Wildman–Crippen LogP) is 2.16. The lowest BCUT2D eigenvalue weighted by atomic mass is 9.83. The Labute approximate surface area is 163 Å². The van der Waals surface area contributed by atoms with Crippen LogP contribution in [0.2, 0.25) is 0 Å². The number of quaternary nitrogens is 1. The van der Waals surface area contributed by atoms with Crippen molar-refractivity contribution in [1.82, 2.24) is 0 Å². The molecule has 0 fully saturated rings. The van der Waals surface area contributed by atoms with Crippen LogP contribution in [0.4, 0.5) is 5.69 Å². The van der Waals surface area contributed by atoms with Crippen molar-refractivity contribution in [2.45, 2.75) is 24.7 Å². The first kappa shape index (κ1) is 19.5. The van der Waals surface area contributed by atoms with Gasteiger partial charge in [0.2, 0.25) is 0 Å². The molecule has 0 saturated carbocycles. The molecule has 0 bridgehead atoms. The minimum Gasteiger partial charge on any atom is -0.507 e. The average molecular weight is 386 g/mol. The van der Waals surface area contributed by atoms with E-state index in [0.29, 0.717) is 16.0 Å². The van der Waals surface area contributed by atoms with E-state index in [9.17, 15) is 14.7 Å². The van der Waals surface area contributed by atoms with Gasteiger partial charge in [-0.15, -0.1) is 11.8 Å². The number of unbranched alkanes of at least 4 members (excludes halogenated alkanes) is 1. The van der Waals surface area contributed by atoms with Crippen LogP contribution in [0.15, 0.2) is 35.2 Å². The molecule has 2 aromatic carbocycles. The van der Waals surface area contributed by atoms with Crippen molar-refractivity contribution in [1.29, 1.82) is 0 Å². The van der Waals surface area contributed by atoms with Gasteiger partial charge in [-0.3, -0.25) is 9.59 Å². The summed E-state index contributed by atoms with van der Waals surface area (Å²) in [6, 6.07) is 8.17. The summed E-state index contributed by atoms with van der Waals surface area (Å²) in [6.45, 7) is 4.25. The SMILES string of the molecule is CCCC[NH+](C)CCSc1cc(O)c2c(c1N)C(=O)c1ccccc1C2=O. The third-order valence-electron chi connectivity index (χ3n) is 4.92. The quantitative estimate of drug-likeness (QED) is 0.330. The zero-order chi connectivity index (χ0) is 19.6. The molecule has 2 aromatic rings. The molecule has 1 unspecified atom stereocenters. The highest BCUT2D eigenvalue weighted by atomic mass is 32.2. The number of rotatable bonds is 7. The summed E-state index contributed by atoms with van der Waals surface area (Å²) in [4.78, 5) is 27.8. The number of phenols is 1. The highest BCUT2D eigenvalue weighted by Crippen LogP contribution is 2.41. The Morgan fingerprint density at radius 3 is 2.33 bits per heavy atom. The maximum Gasteiger partial charge on any atom is 0.198 e. The number of ketones is 2. The first-order valence-corrected chi connectivity index (χ1v) is 10.2. The van der Waals surface area contributed by atoms with Crippen molar-refractivity contribution in [2.75, 3.05) is 31.6 Å². The molecule has 0 amide bonds. The molecule has 5 nitrogen and oxygen atoms in total. The van der Waals surface area contributed by atoms with E-state index in [2.05, 4.69) is 14.0 Å². The molecule has 3 rings (SSSR count). The maximum absolute atomic E-state index is 12.9. The first-order valence-electron chi connectivity index (χ1n) is 9.23. The number of thioether (sulfide) groups is 1. The lowest BCUT2D eigenvalue weighted by Gasteiger charge is -2.21.